The summed E-state index contributed by atoms with van der Waals surface area (Å²) in [6.07, 6.45) is 1.00. The van der Waals surface area contributed by atoms with Crippen molar-refractivity contribution in [1.29, 1.82) is 5.26 Å². The van der Waals surface area contributed by atoms with Gasteiger partial charge >= 0.3 is 11.9 Å². The van der Waals surface area contributed by atoms with Gasteiger partial charge in [-0.2, -0.15) is 5.26 Å². The Morgan fingerprint density at radius 1 is 1.40 bits per heavy atom. The number of carbonyl (C=O) groups is 2. The van der Waals surface area contributed by atoms with Crippen molar-refractivity contribution in [2.45, 2.75) is 12.8 Å². The van der Waals surface area contributed by atoms with Crippen molar-refractivity contribution in [3.05, 3.63) is 60.0 Å². The first-order valence-corrected chi connectivity index (χ1v) is 9.92. The summed E-state index contributed by atoms with van der Waals surface area (Å²) < 4.78 is 11.0. The molecule has 0 amide bonds. The van der Waals surface area contributed by atoms with Gasteiger partial charge in [-0.3, -0.25) is 9.36 Å². The van der Waals surface area contributed by atoms with E-state index >= 15 is 0 Å². The molecule has 1 aromatic carbocycles. The van der Waals surface area contributed by atoms with Crippen LogP contribution in [0.4, 0.5) is 0 Å². The second kappa shape index (κ2) is 8.57. The van der Waals surface area contributed by atoms with Gasteiger partial charge in [0.1, 0.15) is 15.0 Å². The standard InChI is InChI=1S/C20H16ClN3O5S/c1-3-29-20(27)16-15(10-6-4-5-7-12(10)21)11(9-22)17(23)24-18(26)13(30-19(16)24)8-14(25)28-2/h4-8,15H,3,23H2,1-2H3. The Balaban J connectivity index is 2.50. The van der Waals surface area contributed by atoms with Crippen molar-refractivity contribution in [1.82, 2.24) is 4.57 Å². The average molecular weight is 446 g/mol. The number of nitrogens with zero attached hydrogens (tertiary/aromatic N) is 2. The highest BCUT2D eigenvalue weighted by molar-refractivity contribution is 7.07. The lowest BCUT2D eigenvalue weighted by Crippen LogP contribution is -2.40. The molecule has 30 heavy (non-hydrogen) atoms. The fraction of sp³-hybridized carbons (Fsp3) is 0.200. The molecule has 0 spiro atoms. The molecule has 2 aromatic rings. The number of aromatic nitrogens is 1. The minimum atomic E-state index is -0.938. The number of fused-ring (bicyclic) bond motifs is 1. The maximum atomic E-state index is 12.9. The van der Waals surface area contributed by atoms with Gasteiger partial charge in [0.05, 0.1) is 36.9 Å². The van der Waals surface area contributed by atoms with Gasteiger partial charge in [0.15, 0.2) is 0 Å². The van der Waals surface area contributed by atoms with Gasteiger partial charge in [-0.05, 0) is 18.6 Å². The quantitative estimate of drug-likeness (QED) is 0.686. The molecule has 154 valence electrons. The summed E-state index contributed by atoms with van der Waals surface area (Å²) in [5.74, 6) is -2.54. The molecule has 0 fully saturated rings. The van der Waals surface area contributed by atoms with Crippen molar-refractivity contribution in [2.75, 3.05) is 13.7 Å². The second-order valence-corrected chi connectivity index (χ2v) is 7.52. The fourth-order valence-electron chi connectivity index (χ4n) is 3.14. The summed E-state index contributed by atoms with van der Waals surface area (Å²) >= 11 is 7.23. The number of nitriles is 1. The lowest BCUT2D eigenvalue weighted by Gasteiger charge is -2.25. The summed E-state index contributed by atoms with van der Waals surface area (Å²) in [5.41, 5.74) is 6.02. The average Bonchev–Trinajstić information content (AvgIpc) is 3.04. The number of allylic oxidation sites excluding steroid dienone is 1. The van der Waals surface area contributed by atoms with Gasteiger partial charge < -0.3 is 15.2 Å². The van der Waals surface area contributed by atoms with Gasteiger partial charge in [-0.1, -0.05) is 29.8 Å². The number of nitrogens with two attached hydrogens (primary N) is 1. The number of benzene rings is 1. The summed E-state index contributed by atoms with van der Waals surface area (Å²) in [6.45, 7) is 1.72. The van der Waals surface area contributed by atoms with E-state index in [1.165, 1.54) is 7.11 Å². The minimum absolute atomic E-state index is 0.00121. The highest BCUT2D eigenvalue weighted by Gasteiger charge is 2.37. The first kappa shape index (κ1) is 21.4. The van der Waals surface area contributed by atoms with E-state index in [9.17, 15) is 19.6 Å². The molecule has 10 heteroatoms. The summed E-state index contributed by atoms with van der Waals surface area (Å²) in [7, 11) is 1.18. The van der Waals surface area contributed by atoms with Crippen molar-refractivity contribution >= 4 is 52.3 Å². The molecule has 0 saturated carbocycles. The minimum Gasteiger partial charge on any atom is -0.466 e. The SMILES string of the molecule is CCOC(=O)C1=c2sc(=CC(=O)OC)c(=O)n2C(N)=C(C#N)C1c1ccccc1Cl. The van der Waals surface area contributed by atoms with Crippen LogP contribution in [0.1, 0.15) is 18.4 Å². The number of methoxy groups -OCH3 is 1. The topological polar surface area (TPSA) is 124 Å². The highest BCUT2D eigenvalue weighted by atomic mass is 35.5. The molecule has 3 rings (SSSR count). The van der Waals surface area contributed by atoms with E-state index in [0.29, 0.717) is 10.6 Å². The zero-order valence-corrected chi connectivity index (χ0v) is 17.5. The van der Waals surface area contributed by atoms with Crippen LogP contribution in [0, 0.1) is 11.3 Å². The second-order valence-electron chi connectivity index (χ2n) is 6.08. The number of thiazole rings is 1. The predicted octanol–water partition coefficient (Wildman–Crippen LogP) is 0.679. The van der Waals surface area contributed by atoms with Crippen molar-refractivity contribution in [3.63, 3.8) is 0 Å². The number of rotatable bonds is 4. The molecule has 8 nitrogen and oxygen atoms in total. The van der Waals surface area contributed by atoms with Crippen LogP contribution in [-0.2, 0) is 19.1 Å². The Bertz CT molecular complexity index is 1300. The smallest absolute Gasteiger partial charge is 0.338 e. The first-order chi connectivity index (χ1) is 14.3. The van der Waals surface area contributed by atoms with Crippen molar-refractivity contribution in [2.24, 2.45) is 5.73 Å². The Hall–Kier alpha value is -3.35. The molecule has 0 saturated heterocycles. The van der Waals surface area contributed by atoms with E-state index < -0.39 is 23.4 Å². The van der Waals surface area contributed by atoms with E-state index in [4.69, 9.17) is 22.1 Å². The van der Waals surface area contributed by atoms with Crippen LogP contribution in [0.3, 0.4) is 0 Å². The fourth-order valence-corrected chi connectivity index (χ4v) is 4.51. The maximum absolute atomic E-state index is 12.9. The summed E-state index contributed by atoms with van der Waals surface area (Å²) in [6, 6.07) is 8.71. The van der Waals surface area contributed by atoms with Crippen LogP contribution in [-0.4, -0.2) is 30.2 Å². The number of esters is 2. The normalized spacial score (nSPS) is 16.1. The number of carbonyl (C=O) groups excluding carboxylic acids is 2. The number of ether oxygens (including phenoxy) is 2. The lowest BCUT2D eigenvalue weighted by molar-refractivity contribution is -0.136. The molecule has 1 atom stereocenters. The Morgan fingerprint density at radius 3 is 2.70 bits per heavy atom. The number of hydrogen-bond donors (Lipinski definition) is 1. The lowest BCUT2D eigenvalue weighted by atomic mass is 9.84. The van der Waals surface area contributed by atoms with E-state index in [1.807, 2.05) is 6.07 Å². The molecule has 0 aliphatic carbocycles. The van der Waals surface area contributed by atoms with Gasteiger partial charge in [0.2, 0.25) is 0 Å². The van der Waals surface area contributed by atoms with Gasteiger partial charge in [0, 0.05) is 11.1 Å². The van der Waals surface area contributed by atoms with Crippen molar-refractivity contribution < 1.29 is 19.1 Å². The third kappa shape index (κ3) is 3.51. The van der Waals surface area contributed by atoms with Gasteiger partial charge in [-0.15, -0.1) is 11.3 Å². The molecule has 2 N–H and O–H groups in total. The van der Waals surface area contributed by atoms with E-state index in [-0.39, 0.29) is 32.8 Å². The predicted molar refractivity (Wildman–Crippen MR) is 112 cm³/mol. The zero-order chi connectivity index (χ0) is 22.0. The van der Waals surface area contributed by atoms with Crippen molar-refractivity contribution in [3.8, 4) is 6.07 Å². The molecule has 1 unspecified atom stereocenters. The van der Waals surface area contributed by atoms with Crippen LogP contribution in [0.5, 0.6) is 0 Å². The molecule has 0 radical (unpaired) electrons. The van der Waals surface area contributed by atoms with Crippen LogP contribution < -0.4 is 20.5 Å². The van der Waals surface area contributed by atoms with Crippen LogP contribution in [0.25, 0.3) is 17.5 Å². The third-order valence-electron chi connectivity index (χ3n) is 4.43. The highest BCUT2D eigenvalue weighted by Crippen LogP contribution is 2.39. The van der Waals surface area contributed by atoms with E-state index in [1.54, 1.807) is 31.2 Å². The zero-order valence-electron chi connectivity index (χ0n) is 16.0. The molecule has 1 aliphatic rings. The molecular weight excluding hydrogens is 430 g/mol. The maximum Gasteiger partial charge on any atom is 0.338 e. The summed E-state index contributed by atoms with van der Waals surface area (Å²) in [5, 5.41) is 10.1. The summed E-state index contributed by atoms with van der Waals surface area (Å²) in [4.78, 5) is 37.5. The Labute approximate surface area is 179 Å². The largest absolute Gasteiger partial charge is 0.466 e. The third-order valence-corrected chi connectivity index (χ3v) is 5.88. The Morgan fingerprint density at radius 2 is 2.10 bits per heavy atom. The van der Waals surface area contributed by atoms with Crippen LogP contribution in [0.2, 0.25) is 5.02 Å². The first-order valence-electron chi connectivity index (χ1n) is 8.73. The van der Waals surface area contributed by atoms with E-state index in [2.05, 4.69) is 4.74 Å². The molecular formula is C20H16ClN3O5S. The van der Waals surface area contributed by atoms with Gasteiger partial charge in [-0.25, -0.2) is 9.59 Å². The molecule has 1 aromatic heterocycles. The number of hydrogen-bond acceptors (Lipinski definition) is 8. The van der Waals surface area contributed by atoms with Crippen LogP contribution in [0.15, 0.2) is 34.6 Å². The van der Waals surface area contributed by atoms with E-state index in [0.717, 1.165) is 22.0 Å². The Kier molecular flexibility index (Phi) is 6.10. The molecule has 2 heterocycles. The van der Waals surface area contributed by atoms with Gasteiger partial charge in [0.25, 0.3) is 5.56 Å². The van der Waals surface area contributed by atoms with Crippen LogP contribution >= 0.6 is 22.9 Å². The number of halogens is 1. The molecule has 0 bridgehead atoms. The monoisotopic (exact) mass is 445 g/mol. The molecule has 1 aliphatic heterocycles.